The zero-order valence-corrected chi connectivity index (χ0v) is 19.0. The van der Waals surface area contributed by atoms with Gasteiger partial charge in [-0.05, 0) is 56.0 Å². The molecule has 0 unspecified atom stereocenters. The van der Waals surface area contributed by atoms with Gasteiger partial charge in [-0.1, -0.05) is 12.1 Å². The Morgan fingerprint density at radius 1 is 1.16 bits per heavy atom. The molecule has 1 heterocycles. The van der Waals surface area contributed by atoms with Gasteiger partial charge in [-0.15, -0.1) is 0 Å². The van der Waals surface area contributed by atoms with Crippen LogP contribution in [0.3, 0.4) is 0 Å². The van der Waals surface area contributed by atoms with Crippen molar-refractivity contribution in [2.24, 2.45) is 5.92 Å². The number of benzene rings is 2. The molecule has 0 radical (unpaired) electrons. The largest absolute Gasteiger partial charge is 0.495 e. The minimum atomic E-state index is -3.84. The molecule has 1 aliphatic rings. The SMILES string of the molecule is CCOc1ccc(S(=O)(=O)NCC2CCN(C(=O)Nc3ccccc3OC)CC2)cc1F. The van der Waals surface area contributed by atoms with Crippen LogP contribution in [0.15, 0.2) is 47.4 Å². The molecule has 3 rings (SSSR count). The minimum absolute atomic E-state index is 0.0187. The van der Waals surface area contributed by atoms with E-state index < -0.39 is 15.8 Å². The first-order valence-electron chi connectivity index (χ1n) is 10.4. The Morgan fingerprint density at radius 2 is 1.88 bits per heavy atom. The van der Waals surface area contributed by atoms with Crippen molar-refractivity contribution in [1.82, 2.24) is 9.62 Å². The second-order valence-electron chi connectivity index (χ2n) is 7.44. The van der Waals surface area contributed by atoms with E-state index in [9.17, 15) is 17.6 Å². The molecular weight excluding hydrogens is 437 g/mol. The number of para-hydroxylation sites is 2. The van der Waals surface area contributed by atoms with Gasteiger partial charge in [-0.25, -0.2) is 22.3 Å². The quantitative estimate of drug-likeness (QED) is 0.622. The Morgan fingerprint density at radius 3 is 2.53 bits per heavy atom. The van der Waals surface area contributed by atoms with Crippen LogP contribution in [0.1, 0.15) is 19.8 Å². The molecule has 32 heavy (non-hydrogen) atoms. The fourth-order valence-electron chi connectivity index (χ4n) is 3.51. The van der Waals surface area contributed by atoms with Crippen LogP contribution in [0.5, 0.6) is 11.5 Å². The number of hydrogen-bond acceptors (Lipinski definition) is 5. The molecule has 1 fully saturated rings. The number of urea groups is 1. The lowest BCUT2D eigenvalue weighted by Gasteiger charge is -2.32. The maximum absolute atomic E-state index is 14.0. The topological polar surface area (TPSA) is 97.0 Å². The van der Waals surface area contributed by atoms with Crippen LogP contribution in [-0.2, 0) is 10.0 Å². The molecule has 0 aliphatic carbocycles. The standard InChI is InChI=1S/C22H28FN3O5S/c1-3-31-20-9-8-17(14-18(20)23)32(28,29)24-15-16-10-12-26(13-11-16)22(27)25-19-6-4-5-7-21(19)30-2/h4-9,14,16,24H,3,10-13,15H2,1-2H3,(H,25,27). The highest BCUT2D eigenvalue weighted by atomic mass is 32.2. The van der Waals surface area contributed by atoms with E-state index in [-0.39, 0.29) is 35.7 Å². The van der Waals surface area contributed by atoms with Gasteiger partial charge in [0, 0.05) is 19.6 Å². The van der Waals surface area contributed by atoms with Gasteiger partial charge in [0.05, 0.1) is 24.3 Å². The van der Waals surface area contributed by atoms with Gasteiger partial charge >= 0.3 is 6.03 Å². The van der Waals surface area contributed by atoms with E-state index >= 15 is 0 Å². The Kier molecular flexibility index (Phi) is 7.92. The maximum Gasteiger partial charge on any atom is 0.321 e. The summed E-state index contributed by atoms with van der Waals surface area (Å²) in [4.78, 5) is 14.1. The molecule has 10 heteroatoms. The van der Waals surface area contributed by atoms with Crippen molar-refractivity contribution in [3.8, 4) is 11.5 Å². The van der Waals surface area contributed by atoms with Gasteiger partial charge in [0.15, 0.2) is 11.6 Å². The van der Waals surface area contributed by atoms with Crippen molar-refractivity contribution in [2.45, 2.75) is 24.7 Å². The molecule has 2 amide bonds. The number of halogens is 1. The Bertz CT molecular complexity index is 1040. The zero-order chi connectivity index (χ0) is 23.1. The van der Waals surface area contributed by atoms with Crippen molar-refractivity contribution >= 4 is 21.7 Å². The molecular formula is C22H28FN3O5S. The lowest BCUT2D eigenvalue weighted by Crippen LogP contribution is -2.43. The number of nitrogens with one attached hydrogen (secondary N) is 2. The highest BCUT2D eigenvalue weighted by molar-refractivity contribution is 7.89. The monoisotopic (exact) mass is 465 g/mol. The fourth-order valence-corrected chi connectivity index (χ4v) is 4.64. The molecule has 2 aromatic carbocycles. The Balaban J connectivity index is 1.50. The van der Waals surface area contributed by atoms with Gasteiger partial charge in [0.2, 0.25) is 10.0 Å². The summed E-state index contributed by atoms with van der Waals surface area (Å²) >= 11 is 0. The van der Waals surface area contributed by atoms with Crippen molar-refractivity contribution in [3.05, 3.63) is 48.3 Å². The summed E-state index contributed by atoms with van der Waals surface area (Å²) in [7, 11) is -2.30. The number of likely N-dealkylation sites (tertiary alicyclic amines) is 1. The second kappa shape index (κ2) is 10.6. The summed E-state index contributed by atoms with van der Waals surface area (Å²) in [6.07, 6.45) is 1.30. The lowest BCUT2D eigenvalue weighted by molar-refractivity contribution is 0.183. The number of carbonyl (C=O) groups excluding carboxylic acids is 1. The van der Waals surface area contributed by atoms with Gasteiger partial charge < -0.3 is 19.7 Å². The number of piperidine rings is 1. The van der Waals surface area contributed by atoms with Gasteiger partial charge in [0.25, 0.3) is 0 Å². The predicted octanol–water partition coefficient (Wildman–Crippen LogP) is 3.46. The summed E-state index contributed by atoms with van der Waals surface area (Å²) in [6, 6.07) is 10.5. The Labute approximate surface area is 187 Å². The normalized spacial score (nSPS) is 14.8. The van der Waals surface area contributed by atoms with Crippen LogP contribution in [-0.4, -0.2) is 52.7 Å². The molecule has 1 saturated heterocycles. The summed E-state index contributed by atoms with van der Waals surface area (Å²) in [5.41, 5.74) is 0.595. The highest BCUT2D eigenvalue weighted by Gasteiger charge is 2.25. The van der Waals surface area contributed by atoms with E-state index in [0.29, 0.717) is 37.4 Å². The molecule has 2 aromatic rings. The van der Waals surface area contributed by atoms with Crippen LogP contribution >= 0.6 is 0 Å². The van der Waals surface area contributed by atoms with E-state index in [2.05, 4.69) is 10.0 Å². The van der Waals surface area contributed by atoms with Crippen LogP contribution < -0.4 is 19.5 Å². The summed E-state index contributed by atoms with van der Waals surface area (Å²) in [5.74, 6) is -0.0437. The lowest BCUT2D eigenvalue weighted by atomic mass is 9.97. The minimum Gasteiger partial charge on any atom is -0.495 e. The summed E-state index contributed by atoms with van der Waals surface area (Å²) in [6.45, 7) is 3.24. The molecule has 8 nitrogen and oxygen atoms in total. The first-order chi connectivity index (χ1) is 15.3. The number of amides is 2. The van der Waals surface area contributed by atoms with E-state index in [1.54, 1.807) is 31.1 Å². The molecule has 0 aromatic heterocycles. The van der Waals surface area contributed by atoms with E-state index in [4.69, 9.17) is 9.47 Å². The van der Waals surface area contributed by atoms with Crippen LogP contribution in [0.2, 0.25) is 0 Å². The Hall–Kier alpha value is -2.85. The number of methoxy groups -OCH3 is 1. The number of carbonyl (C=O) groups is 1. The second-order valence-corrected chi connectivity index (χ2v) is 9.20. The van der Waals surface area contributed by atoms with Gasteiger partial charge in [-0.2, -0.15) is 0 Å². The van der Waals surface area contributed by atoms with Crippen LogP contribution in [0.4, 0.5) is 14.9 Å². The van der Waals surface area contributed by atoms with E-state index in [1.807, 2.05) is 12.1 Å². The first-order valence-corrected chi connectivity index (χ1v) is 11.9. The first kappa shape index (κ1) is 23.8. The molecule has 0 atom stereocenters. The number of nitrogens with zero attached hydrogens (tertiary/aromatic N) is 1. The third-order valence-corrected chi connectivity index (χ3v) is 6.75. The number of hydrogen-bond donors (Lipinski definition) is 2. The maximum atomic E-state index is 14.0. The zero-order valence-electron chi connectivity index (χ0n) is 18.1. The van der Waals surface area contributed by atoms with Gasteiger partial charge in [0.1, 0.15) is 5.75 Å². The average molecular weight is 466 g/mol. The summed E-state index contributed by atoms with van der Waals surface area (Å²) in [5, 5.41) is 2.85. The third kappa shape index (κ3) is 5.89. The number of anilines is 1. The summed E-state index contributed by atoms with van der Waals surface area (Å²) < 4.78 is 52.0. The van der Waals surface area contributed by atoms with Crippen molar-refractivity contribution in [2.75, 3.05) is 38.7 Å². The predicted molar refractivity (Wildman–Crippen MR) is 119 cm³/mol. The number of rotatable bonds is 8. The van der Waals surface area contributed by atoms with E-state index in [0.717, 1.165) is 6.07 Å². The molecule has 1 aliphatic heterocycles. The number of ether oxygens (including phenoxy) is 2. The molecule has 174 valence electrons. The molecule has 0 bridgehead atoms. The van der Waals surface area contributed by atoms with Crippen molar-refractivity contribution in [1.29, 1.82) is 0 Å². The van der Waals surface area contributed by atoms with E-state index in [1.165, 1.54) is 12.1 Å². The smallest absolute Gasteiger partial charge is 0.321 e. The molecule has 0 spiro atoms. The fraction of sp³-hybridized carbons (Fsp3) is 0.409. The van der Waals surface area contributed by atoms with Crippen LogP contribution in [0, 0.1) is 11.7 Å². The number of sulfonamides is 1. The van der Waals surface area contributed by atoms with Crippen LogP contribution in [0.25, 0.3) is 0 Å². The van der Waals surface area contributed by atoms with Crippen molar-refractivity contribution in [3.63, 3.8) is 0 Å². The highest BCUT2D eigenvalue weighted by Crippen LogP contribution is 2.25. The molecule has 0 saturated carbocycles. The third-order valence-electron chi connectivity index (χ3n) is 5.33. The van der Waals surface area contributed by atoms with Gasteiger partial charge in [-0.3, -0.25) is 0 Å². The average Bonchev–Trinajstić information content (AvgIpc) is 2.80. The van der Waals surface area contributed by atoms with Crippen molar-refractivity contribution < 1.29 is 27.1 Å². The molecule has 2 N–H and O–H groups in total.